The molecule has 1 aromatic heterocycles. The van der Waals surface area contributed by atoms with Gasteiger partial charge in [0.1, 0.15) is 18.1 Å². The zero-order valence-electron chi connectivity index (χ0n) is 13.1. The van der Waals surface area contributed by atoms with Crippen LogP contribution in [0.1, 0.15) is 11.3 Å². The van der Waals surface area contributed by atoms with Crippen molar-refractivity contribution >= 4 is 5.69 Å². The maximum absolute atomic E-state index is 13.0. The molecule has 6 heteroatoms. The molecular formula is C19H15F3N2O. The molecule has 3 aromatic rings. The number of ether oxygens (including phenoxy) is 1. The Bertz CT molecular complexity index is 864. The summed E-state index contributed by atoms with van der Waals surface area (Å²) in [6.07, 6.45) is -4.54. The van der Waals surface area contributed by atoms with E-state index in [2.05, 4.69) is 4.98 Å². The van der Waals surface area contributed by atoms with Crippen LogP contribution in [-0.2, 0) is 12.8 Å². The standard InChI is InChI=1S/C19H15F3N2O/c20-19(21,22)17-11-10-15(23)18(24-17)14-8-4-5-9-16(14)25-12-13-6-2-1-3-7-13/h1-11H,12,23H2. The van der Waals surface area contributed by atoms with Crippen LogP contribution in [0.5, 0.6) is 5.75 Å². The lowest BCUT2D eigenvalue weighted by atomic mass is 10.1. The van der Waals surface area contributed by atoms with Gasteiger partial charge in [0.25, 0.3) is 0 Å². The van der Waals surface area contributed by atoms with Crippen molar-refractivity contribution in [1.82, 2.24) is 4.98 Å². The van der Waals surface area contributed by atoms with Crippen molar-refractivity contribution in [3.05, 3.63) is 78.0 Å². The number of hydrogen-bond donors (Lipinski definition) is 1. The van der Waals surface area contributed by atoms with Crippen LogP contribution in [0.4, 0.5) is 18.9 Å². The number of benzene rings is 2. The summed E-state index contributed by atoms with van der Waals surface area (Å²) in [7, 11) is 0. The summed E-state index contributed by atoms with van der Waals surface area (Å²) in [5.74, 6) is 0.421. The molecule has 0 spiro atoms. The Morgan fingerprint density at radius 3 is 2.28 bits per heavy atom. The minimum atomic E-state index is -4.54. The predicted molar refractivity (Wildman–Crippen MR) is 89.9 cm³/mol. The third-order valence-electron chi connectivity index (χ3n) is 3.60. The topological polar surface area (TPSA) is 48.1 Å². The molecule has 0 fully saturated rings. The molecule has 0 atom stereocenters. The molecule has 0 saturated carbocycles. The lowest BCUT2D eigenvalue weighted by molar-refractivity contribution is -0.141. The highest BCUT2D eigenvalue weighted by molar-refractivity contribution is 5.77. The fourth-order valence-corrected chi connectivity index (χ4v) is 2.37. The van der Waals surface area contributed by atoms with Crippen molar-refractivity contribution in [2.75, 3.05) is 5.73 Å². The average molecular weight is 344 g/mol. The van der Waals surface area contributed by atoms with E-state index < -0.39 is 11.9 Å². The second-order valence-corrected chi connectivity index (χ2v) is 5.40. The Hall–Kier alpha value is -3.02. The Kier molecular flexibility index (Phi) is 4.61. The molecule has 2 N–H and O–H groups in total. The number of nitrogens with zero attached hydrogens (tertiary/aromatic N) is 1. The third-order valence-corrected chi connectivity index (χ3v) is 3.60. The number of alkyl halides is 3. The SMILES string of the molecule is Nc1ccc(C(F)(F)F)nc1-c1ccccc1OCc1ccccc1. The Labute approximate surface area is 142 Å². The summed E-state index contributed by atoms with van der Waals surface area (Å²) in [5.41, 5.74) is 6.44. The van der Waals surface area contributed by atoms with Gasteiger partial charge in [-0.15, -0.1) is 0 Å². The molecule has 0 saturated heterocycles. The molecule has 0 aliphatic rings. The van der Waals surface area contributed by atoms with Gasteiger partial charge >= 0.3 is 6.18 Å². The highest BCUT2D eigenvalue weighted by atomic mass is 19.4. The molecular weight excluding hydrogens is 329 g/mol. The summed E-state index contributed by atoms with van der Waals surface area (Å²) in [5, 5.41) is 0. The Morgan fingerprint density at radius 2 is 1.56 bits per heavy atom. The number of pyridine rings is 1. The quantitative estimate of drug-likeness (QED) is 0.730. The second kappa shape index (κ2) is 6.84. The zero-order chi connectivity index (χ0) is 17.9. The fraction of sp³-hybridized carbons (Fsp3) is 0.105. The van der Waals surface area contributed by atoms with Crippen LogP contribution < -0.4 is 10.5 Å². The van der Waals surface area contributed by atoms with Gasteiger partial charge in [-0.05, 0) is 29.8 Å². The summed E-state index contributed by atoms with van der Waals surface area (Å²) in [4.78, 5) is 3.70. The molecule has 0 bridgehead atoms. The van der Waals surface area contributed by atoms with Crippen molar-refractivity contribution in [1.29, 1.82) is 0 Å². The van der Waals surface area contributed by atoms with Crippen molar-refractivity contribution in [2.45, 2.75) is 12.8 Å². The minimum absolute atomic E-state index is 0.0542. The Morgan fingerprint density at radius 1 is 0.880 bits per heavy atom. The maximum atomic E-state index is 13.0. The number of rotatable bonds is 4. The first-order valence-electron chi connectivity index (χ1n) is 7.55. The van der Waals surface area contributed by atoms with Crippen molar-refractivity contribution in [3.63, 3.8) is 0 Å². The highest BCUT2D eigenvalue weighted by Crippen LogP contribution is 2.36. The number of nitrogen functional groups attached to an aromatic ring is 1. The van der Waals surface area contributed by atoms with E-state index in [0.29, 0.717) is 11.3 Å². The van der Waals surface area contributed by atoms with Gasteiger partial charge in [-0.1, -0.05) is 42.5 Å². The van der Waals surface area contributed by atoms with E-state index in [0.717, 1.165) is 11.6 Å². The predicted octanol–water partition coefficient (Wildman–Crippen LogP) is 4.93. The van der Waals surface area contributed by atoms with Gasteiger partial charge in [-0.3, -0.25) is 0 Å². The van der Waals surface area contributed by atoms with Crippen LogP contribution >= 0.6 is 0 Å². The van der Waals surface area contributed by atoms with Gasteiger partial charge < -0.3 is 10.5 Å². The smallest absolute Gasteiger partial charge is 0.433 e. The van der Waals surface area contributed by atoms with Gasteiger partial charge in [0.15, 0.2) is 0 Å². The molecule has 2 aromatic carbocycles. The van der Waals surface area contributed by atoms with Crippen LogP contribution in [0.15, 0.2) is 66.7 Å². The van der Waals surface area contributed by atoms with Gasteiger partial charge in [0.2, 0.25) is 0 Å². The monoisotopic (exact) mass is 344 g/mol. The van der Waals surface area contributed by atoms with Crippen LogP contribution in [0, 0.1) is 0 Å². The Balaban J connectivity index is 1.96. The summed E-state index contributed by atoms with van der Waals surface area (Å²) in [6.45, 7) is 0.288. The number of halogens is 3. The molecule has 1 heterocycles. The molecule has 3 nitrogen and oxygen atoms in total. The van der Waals surface area contributed by atoms with Gasteiger partial charge in [0, 0.05) is 5.56 Å². The zero-order valence-corrected chi connectivity index (χ0v) is 13.1. The van der Waals surface area contributed by atoms with Crippen molar-refractivity contribution in [3.8, 4) is 17.0 Å². The summed E-state index contributed by atoms with van der Waals surface area (Å²) in [6, 6.07) is 18.3. The average Bonchev–Trinajstić information content (AvgIpc) is 2.61. The third kappa shape index (κ3) is 3.91. The highest BCUT2D eigenvalue weighted by Gasteiger charge is 2.33. The van der Waals surface area contributed by atoms with Crippen LogP contribution in [-0.4, -0.2) is 4.98 Å². The summed E-state index contributed by atoms with van der Waals surface area (Å²) >= 11 is 0. The minimum Gasteiger partial charge on any atom is -0.488 e. The molecule has 3 rings (SSSR count). The molecule has 0 aliphatic heterocycles. The van der Waals surface area contributed by atoms with E-state index in [1.165, 1.54) is 6.07 Å². The normalized spacial score (nSPS) is 11.3. The number of aromatic nitrogens is 1. The second-order valence-electron chi connectivity index (χ2n) is 5.40. The van der Waals surface area contributed by atoms with E-state index in [9.17, 15) is 13.2 Å². The lowest BCUT2D eigenvalue weighted by Crippen LogP contribution is -2.09. The molecule has 128 valence electrons. The first kappa shape index (κ1) is 16.8. The number of nitrogens with two attached hydrogens (primary N) is 1. The fourth-order valence-electron chi connectivity index (χ4n) is 2.37. The van der Waals surface area contributed by atoms with Crippen LogP contribution in [0.3, 0.4) is 0 Å². The van der Waals surface area contributed by atoms with Crippen molar-refractivity contribution in [2.24, 2.45) is 0 Å². The maximum Gasteiger partial charge on any atom is 0.433 e. The van der Waals surface area contributed by atoms with E-state index in [1.54, 1.807) is 24.3 Å². The van der Waals surface area contributed by atoms with E-state index >= 15 is 0 Å². The molecule has 0 aliphatic carbocycles. The van der Waals surface area contributed by atoms with Gasteiger partial charge in [0.05, 0.1) is 11.4 Å². The van der Waals surface area contributed by atoms with Gasteiger partial charge in [-0.25, -0.2) is 4.98 Å². The number of hydrogen-bond acceptors (Lipinski definition) is 3. The number of anilines is 1. The van der Waals surface area contributed by atoms with E-state index in [1.807, 2.05) is 30.3 Å². The largest absolute Gasteiger partial charge is 0.488 e. The van der Waals surface area contributed by atoms with Crippen molar-refractivity contribution < 1.29 is 17.9 Å². The van der Waals surface area contributed by atoms with E-state index in [-0.39, 0.29) is 18.0 Å². The van der Waals surface area contributed by atoms with Gasteiger partial charge in [-0.2, -0.15) is 13.2 Å². The van der Waals surface area contributed by atoms with Crippen LogP contribution in [0.25, 0.3) is 11.3 Å². The molecule has 0 unspecified atom stereocenters. The molecule has 25 heavy (non-hydrogen) atoms. The number of para-hydroxylation sites is 1. The lowest BCUT2D eigenvalue weighted by Gasteiger charge is -2.14. The molecule has 0 radical (unpaired) electrons. The van der Waals surface area contributed by atoms with E-state index in [4.69, 9.17) is 10.5 Å². The summed E-state index contributed by atoms with van der Waals surface area (Å²) < 4.78 is 44.6. The molecule has 0 amide bonds. The van der Waals surface area contributed by atoms with Crippen LogP contribution in [0.2, 0.25) is 0 Å². The first-order chi connectivity index (χ1) is 11.9. The first-order valence-corrected chi connectivity index (χ1v) is 7.55.